The van der Waals surface area contributed by atoms with E-state index in [1.54, 1.807) is 0 Å². The molecule has 1 aliphatic carbocycles. The highest BCUT2D eigenvalue weighted by atomic mass is 32.1. The number of nitrogens with one attached hydrogen (secondary N) is 1. The molecule has 1 unspecified atom stereocenters. The molecule has 1 N–H and O–H groups in total. The van der Waals surface area contributed by atoms with Crippen LogP contribution in [0.25, 0.3) is 0 Å². The number of piperazine rings is 1. The predicted molar refractivity (Wildman–Crippen MR) is 87.4 cm³/mol. The lowest BCUT2D eigenvalue weighted by Crippen LogP contribution is -2.65. The van der Waals surface area contributed by atoms with Gasteiger partial charge in [-0.2, -0.15) is 0 Å². The van der Waals surface area contributed by atoms with Crippen molar-refractivity contribution in [1.82, 2.24) is 10.2 Å². The van der Waals surface area contributed by atoms with Gasteiger partial charge in [0.2, 0.25) is 0 Å². The molecule has 1 aromatic rings. The second kappa shape index (κ2) is 6.17. The highest BCUT2D eigenvalue weighted by molar-refractivity contribution is 7.09. The van der Waals surface area contributed by atoms with Gasteiger partial charge in [-0.1, -0.05) is 19.9 Å². The van der Waals surface area contributed by atoms with Crippen LogP contribution in [0.5, 0.6) is 0 Å². The van der Waals surface area contributed by atoms with Gasteiger partial charge in [-0.05, 0) is 49.5 Å². The molecular weight excluding hydrogens is 264 g/mol. The van der Waals surface area contributed by atoms with Crippen molar-refractivity contribution >= 4 is 11.3 Å². The van der Waals surface area contributed by atoms with Crippen molar-refractivity contribution in [2.24, 2.45) is 5.92 Å². The first-order valence-corrected chi connectivity index (χ1v) is 9.16. The highest BCUT2D eigenvalue weighted by Gasteiger charge is 2.42. The molecule has 2 aliphatic rings. The van der Waals surface area contributed by atoms with E-state index in [2.05, 4.69) is 41.6 Å². The van der Waals surface area contributed by atoms with Crippen LogP contribution < -0.4 is 5.32 Å². The summed E-state index contributed by atoms with van der Waals surface area (Å²) in [5.41, 5.74) is 0.392. The molecule has 2 heterocycles. The normalized spacial score (nSPS) is 26.8. The molecule has 0 radical (unpaired) electrons. The Bertz CT molecular complexity index is 407. The quantitative estimate of drug-likeness (QED) is 0.863. The van der Waals surface area contributed by atoms with E-state index in [1.807, 2.05) is 11.3 Å². The molecule has 1 atom stereocenters. The maximum absolute atomic E-state index is 3.86. The van der Waals surface area contributed by atoms with Gasteiger partial charge in [-0.15, -0.1) is 11.3 Å². The number of hydrogen-bond acceptors (Lipinski definition) is 3. The molecule has 2 nitrogen and oxygen atoms in total. The van der Waals surface area contributed by atoms with Crippen molar-refractivity contribution in [2.75, 3.05) is 19.6 Å². The lowest BCUT2D eigenvalue weighted by molar-refractivity contribution is 0.0284. The van der Waals surface area contributed by atoms with Gasteiger partial charge in [-0.3, -0.25) is 4.90 Å². The molecule has 0 amide bonds. The Morgan fingerprint density at radius 2 is 2.15 bits per heavy atom. The lowest BCUT2D eigenvalue weighted by atomic mass is 9.86. The van der Waals surface area contributed by atoms with Crippen LogP contribution in [0.3, 0.4) is 0 Å². The van der Waals surface area contributed by atoms with Crippen LogP contribution in [0.1, 0.15) is 44.4 Å². The minimum atomic E-state index is 0.392. The van der Waals surface area contributed by atoms with Gasteiger partial charge >= 0.3 is 0 Å². The van der Waals surface area contributed by atoms with E-state index < -0.39 is 0 Å². The highest BCUT2D eigenvalue weighted by Crippen LogP contribution is 2.37. The molecular formula is C17H28N2S. The zero-order valence-electron chi connectivity index (χ0n) is 12.9. The van der Waals surface area contributed by atoms with Crippen molar-refractivity contribution in [3.63, 3.8) is 0 Å². The van der Waals surface area contributed by atoms with Gasteiger partial charge in [0, 0.05) is 36.1 Å². The van der Waals surface area contributed by atoms with Gasteiger partial charge in [0.25, 0.3) is 0 Å². The zero-order chi connectivity index (χ0) is 14.0. The molecule has 1 saturated carbocycles. The number of hydrogen-bond donors (Lipinski definition) is 1. The molecule has 0 aromatic carbocycles. The van der Waals surface area contributed by atoms with Crippen LogP contribution in [0.4, 0.5) is 0 Å². The fraction of sp³-hybridized carbons (Fsp3) is 0.765. The van der Waals surface area contributed by atoms with Crippen molar-refractivity contribution in [2.45, 2.75) is 57.5 Å². The monoisotopic (exact) mass is 292 g/mol. The number of nitrogens with zero attached hydrogens (tertiary/aromatic N) is 1. The standard InChI is InChI=1S/C17H28N2S/c1-3-17(4-2)13-18-16(14-7-8-14)12-19(17)10-9-15-6-5-11-20-15/h5-6,11,14,16,18H,3-4,7-10,12-13H2,1-2H3. The molecule has 112 valence electrons. The fourth-order valence-corrected chi connectivity index (χ4v) is 4.42. The number of thiophene rings is 1. The van der Waals surface area contributed by atoms with Gasteiger partial charge in [0.15, 0.2) is 0 Å². The predicted octanol–water partition coefficient (Wildman–Crippen LogP) is 3.53. The zero-order valence-corrected chi connectivity index (χ0v) is 13.7. The van der Waals surface area contributed by atoms with E-state index in [0.29, 0.717) is 5.54 Å². The first-order valence-electron chi connectivity index (χ1n) is 8.28. The molecule has 0 spiro atoms. The summed E-state index contributed by atoms with van der Waals surface area (Å²) in [6.45, 7) is 8.40. The molecule has 20 heavy (non-hydrogen) atoms. The smallest absolute Gasteiger partial charge is 0.0329 e. The summed E-state index contributed by atoms with van der Waals surface area (Å²) in [7, 11) is 0. The van der Waals surface area contributed by atoms with Gasteiger partial charge < -0.3 is 5.32 Å². The summed E-state index contributed by atoms with van der Waals surface area (Å²) in [5, 5.41) is 6.06. The van der Waals surface area contributed by atoms with Crippen LogP contribution >= 0.6 is 11.3 Å². The van der Waals surface area contributed by atoms with E-state index in [4.69, 9.17) is 0 Å². The second-order valence-electron chi connectivity index (χ2n) is 6.53. The first kappa shape index (κ1) is 14.6. The van der Waals surface area contributed by atoms with Crippen LogP contribution in [-0.2, 0) is 6.42 Å². The lowest BCUT2D eigenvalue weighted by Gasteiger charge is -2.50. The molecule has 3 rings (SSSR count). The Hall–Kier alpha value is -0.380. The second-order valence-corrected chi connectivity index (χ2v) is 7.56. The Morgan fingerprint density at radius 1 is 1.35 bits per heavy atom. The third kappa shape index (κ3) is 2.95. The van der Waals surface area contributed by atoms with Crippen LogP contribution in [0.15, 0.2) is 17.5 Å². The Kier molecular flexibility index (Phi) is 4.49. The molecule has 1 aromatic heterocycles. The molecule has 1 aliphatic heterocycles. The van der Waals surface area contributed by atoms with Gasteiger partial charge in [-0.25, -0.2) is 0 Å². The van der Waals surface area contributed by atoms with Crippen molar-refractivity contribution < 1.29 is 0 Å². The molecule has 0 bridgehead atoms. The summed E-state index contributed by atoms with van der Waals surface area (Å²) in [5.74, 6) is 0.964. The van der Waals surface area contributed by atoms with E-state index in [0.717, 1.165) is 12.0 Å². The minimum absolute atomic E-state index is 0.392. The third-order valence-electron chi connectivity index (χ3n) is 5.50. The summed E-state index contributed by atoms with van der Waals surface area (Å²) >= 11 is 1.90. The fourth-order valence-electron chi connectivity index (χ4n) is 3.72. The number of rotatable bonds is 6. The van der Waals surface area contributed by atoms with Gasteiger partial charge in [0.05, 0.1) is 0 Å². The van der Waals surface area contributed by atoms with Crippen molar-refractivity contribution in [3.05, 3.63) is 22.4 Å². The molecule has 3 heteroatoms. The topological polar surface area (TPSA) is 15.3 Å². The van der Waals surface area contributed by atoms with Crippen LogP contribution in [0.2, 0.25) is 0 Å². The first-order chi connectivity index (χ1) is 9.77. The summed E-state index contributed by atoms with van der Waals surface area (Å²) in [6, 6.07) is 5.21. The Balaban J connectivity index is 1.66. The maximum Gasteiger partial charge on any atom is 0.0329 e. The summed E-state index contributed by atoms with van der Waals surface area (Å²) < 4.78 is 0. The SMILES string of the molecule is CCC1(CC)CNC(C2CC2)CN1CCc1cccs1. The largest absolute Gasteiger partial charge is 0.311 e. The van der Waals surface area contributed by atoms with E-state index in [-0.39, 0.29) is 0 Å². The van der Waals surface area contributed by atoms with Crippen LogP contribution in [-0.4, -0.2) is 36.1 Å². The third-order valence-corrected chi connectivity index (χ3v) is 6.43. The van der Waals surface area contributed by atoms with Crippen molar-refractivity contribution in [1.29, 1.82) is 0 Å². The summed E-state index contributed by atoms with van der Waals surface area (Å²) in [6.07, 6.45) is 6.64. The van der Waals surface area contributed by atoms with Crippen molar-refractivity contribution in [3.8, 4) is 0 Å². The van der Waals surface area contributed by atoms with E-state index in [1.165, 1.54) is 56.6 Å². The Morgan fingerprint density at radius 3 is 2.75 bits per heavy atom. The van der Waals surface area contributed by atoms with E-state index >= 15 is 0 Å². The average Bonchev–Trinajstić information content (AvgIpc) is 3.21. The average molecular weight is 292 g/mol. The Labute approximate surface area is 127 Å². The molecule has 1 saturated heterocycles. The maximum atomic E-state index is 3.86. The van der Waals surface area contributed by atoms with Crippen LogP contribution in [0, 0.1) is 5.92 Å². The molecule has 2 fully saturated rings. The summed E-state index contributed by atoms with van der Waals surface area (Å²) in [4.78, 5) is 4.35. The minimum Gasteiger partial charge on any atom is -0.311 e. The van der Waals surface area contributed by atoms with Gasteiger partial charge in [0.1, 0.15) is 0 Å². The van der Waals surface area contributed by atoms with E-state index in [9.17, 15) is 0 Å².